The summed E-state index contributed by atoms with van der Waals surface area (Å²) in [4.78, 5) is 14.4. The van der Waals surface area contributed by atoms with E-state index in [9.17, 15) is 4.79 Å². The van der Waals surface area contributed by atoms with Crippen molar-refractivity contribution in [1.82, 2.24) is 4.90 Å². The fraction of sp³-hybridized carbons (Fsp3) is 0.833. The van der Waals surface area contributed by atoms with Crippen molar-refractivity contribution in [3.8, 4) is 0 Å². The molecule has 2 rings (SSSR count). The quantitative estimate of drug-likeness (QED) is 0.328. The van der Waals surface area contributed by atoms with E-state index in [0.29, 0.717) is 18.8 Å². The Kier molecular flexibility index (Phi) is 3.02. The average molecular weight is 239 g/mol. The smallest absolute Gasteiger partial charge is 0.236 e. The van der Waals surface area contributed by atoms with Gasteiger partial charge in [0, 0.05) is 12.6 Å². The molecule has 1 saturated heterocycles. The number of rotatable bonds is 2. The highest BCUT2D eigenvalue weighted by Gasteiger charge is 2.56. The maximum absolute atomic E-state index is 12.5. The van der Waals surface area contributed by atoms with E-state index in [1.807, 2.05) is 4.90 Å². The highest BCUT2D eigenvalue weighted by Crippen LogP contribution is 2.48. The molecule has 1 aliphatic heterocycles. The number of oxime groups is 1. The average Bonchev–Trinajstić information content (AvgIpc) is 3.12. The standard InChI is InChI=1S/C12H21N3O2/c1-8-4-3-7-15(9(8)2)11(16)12(5-6-12)10(13)14-17/h8-9,17H,3-7H2,1-2H3,(H2,13,14). The molecule has 2 atom stereocenters. The minimum absolute atomic E-state index is 0.0480. The molecular weight excluding hydrogens is 218 g/mol. The third-order valence-electron chi connectivity index (χ3n) is 4.39. The van der Waals surface area contributed by atoms with Crippen LogP contribution < -0.4 is 5.73 Å². The summed E-state index contributed by atoms with van der Waals surface area (Å²) in [6, 6.07) is 0.250. The predicted molar refractivity (Wildman–Crippen MR) is 64.6 cm³/mol. The predicted octanol–water partition coefficient (Wildman–Crippen LogP) is 1.16. The van der Waals surface area contributed by atoms with E-state index in [2.05, 4.69) is 19.0 Å². The van der Waals surface area contributed by atoms with E-state index in [1.165, 1.54) is 6.42 Å². The van der Waals surface area contributed by atoms with Crippen LogP contribution in [0.2, 0.25) is 0 Å². The first-order valence-electron chi connectivity index (χ1n) is 6.32. The number of nitrogens with zero attached hydrogens (tertiary/aromatic N) is 2. The first-order valence-corrected chi connectivity index (χ1v) is 6.32. The Hall–Kier alpha value is -1.26. The number of amides is 1. The van der Waals surface area contributed by atoms with Crippen molar-refractivity contribution in [1.29, 1.82) is 0 Å². The SMILES string of the molecule is CC1CCCN(C(=O)C2(C(N)=NO)CC2)C1C. The summed E-state index contributed by atoms with van der Waals surface area (Å²) in [6.45, 7) is 5.06. The third kappa shape index (κ3) is 1.87. The molecule has 0 bridgehead atoms. The molecule has 3 N–H and O–H groups in total. The highest BCUT2D eigenvalue weighted by atomic mass is 16.4. The Labute approximate surface area is 102 Å². The molecule has 2 aliphatic rings. The monoisotopic (exact) mass is 239 g/mol. The van der Waals surface area contributed by atoms with Gasteiger partial charge in [-0.3, -0.25) is 4.79 Å². The van der Waals surface area contributed by atoms with Gasteiger partial charge in [-0.05, 0) is 38.5 Å². The van der Waals surface area contributed by atoms with E-state index in [0.717, 1.165) is 13.0 Å². The van der Waals surface area contributed by atoms with Gasteiger partial charge in [-0.1, -0.05) is 12.1 Å². The highest BCUT2D eigenvalue weighted by molar-refractivity contribution is 6.09. The molecule has 2 fully saturated rings. The van der Waals surface area contributed by atoms with Gasteiger partial charge in [-0.2, -0.15) is 0 Å². The fourth-order valence-corrected chi connectivity index (χ4v) is 2.70. The van der Waals surface area contributed by atoms with Gasteiger partial charge in [0.15, 0.2) is 5.84 Å². The maximum Gasteiger partial charge on any atom is 0.236 e. The lowest BCUT2D eigenvalue weighted by atomic mass is 9.90. The fourth-order valence-electron chi connectivity index (χ4n) is 2.70. The molecule has 1 aliphatic carbocycles. The van der Waals surface area contributed by atoms with Crippen LogP contribution in [0.3, 0.4) is 0 Å². The molecule has 0 aromatic heterocycles. The van der Waals surface area contributed by atoms with Gasteiger partial charge in [0.05, 0.1) is 0 Å². The van der Waals surface area contributed by atoms with Crippen LogP contribution in [0.4, 0.5) is 0 Å². The zero-order chi connectivity index (χ0) is 12.6. The lowest BCUT2D eigenvalue weighted by molar-refractivity contribution is -0.139. The zero-order valence-electron chi connectivity index (χ0n) is 10.5. The van der Waals surface area contributed by atoms with E-state index in [4.69, 9.17) is 10.9 Å². The Morgan fingerprint density at radius 3 is 2.65 bits per heavy atom. The number of carbonyl (C=O) groups is 1. The van der Waals surface area contributed by atoms with E-state index < -0.39 is 5.41 Å². The largest absolute Gasteiger partial charge is 0.409 e. The third-order valence-corrected chi connectivity index (χ3v) is 4.39. The Bertz CT molecular complexity index is 350. The molecule has 17 heavy (non-hydrogen) atoms. The van der Waals surface area contributed by atoms with Crippen molar-refractivity contribution in [2.24, 2.45) is 22.2 Å². The number of piperidine rings is 1. The van der Waals surface area contributed by atoms with Crippen LogP contribution in [-0.4, -0.2) is 34.4 Å². The molecule has 0 radical (unpaired) electrons. The van der Waals surface area contributed by atoms with Crippen LogP contribution in [0.5, 0.6) is 0 Å². The summed E-state index contributed by atoms with van der Waals surface area (Å²) in [5, 5.41) is 11.8. The molecule has 5 nitrogen and oxygen atoms in total. The van der Waals surface area contributed by atoms with Gasteiger partial charge < -0.3 is 15.8 Å². The van der Waals surface area contributed by atoms with E-state index in [-0.39, 0.29) is 17.8 Å². The van der Waals surface area contributed by atoms with Gasteiger partial charge in [0.25, 0.3) is 0 Å². The normalized spacial score (nSPS) is 32.4. The van der Waals surface area contributed by atoms with Crippen LogP contribution in [0.15, 0.2) is 5.16 Å². The summed E-state index contributed by atoms with van der Waals surface area (Å²) in [5.41, 5.74) is 4.96. The first-order chi connectivity index (χ1) is 8.03. The lowest BCUT2D eigenvalue weighted by Gasteiger charge is -2.39. The lowest BCUT2D eigenvalue weighted by Crippen LogP contribution is -2.51. The second-order valence-electron chi connectivity index (χ2n) is 5.43. The van der Waals surface area contributed by atoms with Crippen LogP contribution in [0.25, 0.3) is 0 Å². The summed E-state index contributed by atoms with van der Waals surface area (Å²) >= 11 is 0. The minimum atomic E-state index is -0.694. The van der Waals surface area contributed by atoms with Gasteiger partial charge >= 0.3 is 0 Å². The summed E-state index contributed by atoms with van der Waals surface area (Å²) in [5.74, 6) is 0.649. The Morgan fingerprint density at radius 1 is 1.47 bits per heavy atom. The minimum Gasteiger partial charge on any atom is -0.409 e. The zero-order valence-corrected chi connectivity index (χ0v) is 10.5. The van der Waals surface area contributed by atoms with E-state index >= 15 is 0 Å². The van der Waals surface area contributed by atoms with Gasteiger partial charge in [0.2, 0.25) is 5.91 Å². The molecule has 1 saturated carbocycles. The molecular formula is C12H21N3O2. The van der Waals surface area contributed by atoms with Crippen molar-refractivity contribution in [2.45, 2.75) is 45.6 Å². The second kappa shape index (κ2) is 4.20. The number of hydrogen-bond acceptors (Lipinski definition) is 3. The molecule has 0 aromatic rings. The number of amidine groups is 1. The summed E-state index contributed by atoms with van der Waals surface area (Å²) in [6.07, 6.45) is 3.63. The molecule has 2 unspecified atom stereocenters. The molecule has 96 valence electrons. The Balaban J connectivity index is 2.15. The van der Waals surface area contributed by atoms with Crippen LogP contribution in [0, 0.1) is 11.3 Å². The van der Waals surface area contributed by atoms with E-state index in [1.54, 1.807) is 0 Å². The van der Waals surface area contributed by atoms with Crippen molar-refractivity contribution in [3.63, 3.8) is 0 Å². The summed E-state index contributed by atoms with van der Waals surface area (Å²) < 4.78 is 0. The molecule has 1 heterocycles. The topological polar surface area (TPSA) is 78.9 Å². The number of likely N-dealkylation sites (tertiary alicyclic amines) is 1. The van der Waals surface area contributed by atoms with Crippen LogP contribution in [0.1, 0.15) is 39.5 Å². The van der Waals surface area contributed by atoms with Gasteiger partial charge in [0.1, 0.15) is 5.41 Å². The number of hydrogen-bond donors (Lipinski definition) is 2. The van der Waals surface area contributed by atoms with Crippen molar-refractivity contribution in [3.05, 3.63) is 0 Å². The molecule has 0 aromatic carbocycles. The van der Waals surface area contributed by atoms with Crippen molar-refractivity contribution < 1.29 is 10.0 Å². The Morgan fingerprint density at radius 2 is 2.12 bits per heavy atom. The van der Waals surface area contributed by atoms with Crippen molar-refractivity contribution >= 4 is 11.7 Å². The number of carbonyl (C=O) groups excluding carboxylic acids is 1. The number of nitrogens with two attached hydrogens (primary N) is 1. The van der Waals surface area contributed by atoms with Crippen LogP contribution >= 0.6 is 0 Å². The molecule has 1 amide bonds. The van der Waals surface area contributed by atoms with Crippen LogP contribution in [-0.2, 0) is 4.79 Å². The first kappa shape index (κ1) is 12.2. The summed E-state index contributed by atoms with van der Waals surface area (Å²) in [7, 11) is 0. The van der Waals surface area contributed by atoms with Crippen molar-refractivity contribution in [2.75, 3.05) is 6.54 Å². The van der Waals surface area contributed by atoms with Gasteiger partial charge in [-0.25, -0.2) is 0 Å². The van der Waals surface area contributed by atoms with Gasteiger partial charge in [-0.15, -0.1) is 0 Å². The molecule has 0 spiro atoms. The molecule has 5 heteroatoms. The second-order valence-corrected chi connectivity index (χ2v) is 5.43. The maximum atomic E-state index is 12.5.